The first-order valence-corrected chi connectivity index (χ1v) is 6.85. The number of aldehydes is 1. The summed E-state index contributed by atoms with van der Waals surface area (Å²) in [5.74, 6) is -0.615. The van der Waals surface area contributed by atoms with E-state index < -0.39 is 21.0 Å². The molecule has 0 aliphatic rings. The summed E-state index contributed by atoms with van der Waals surface area (Å²) >= 11 is 0. The molecule has 6 heteroatoms. The van der Waals surface area contributed by atoms with Gasteiger partial charge in [0.15, 0.2) is 9.84 Å². The number of anilines is 1. The molecule has 1 atom stereocenters. The van der Waals surface area contributed by atoms with Crippen LogP contribution >= 0.6 is 0 Å². The molecule has 0 fully saturated rings. The van der Waals surface area contributed by atoms with Gasteiger partial charge in [0.25, 0.3) is 0 Å². The quantitative estimate of drug-likeness (QED) is 0.809. The van der Waals surface area contributed by atoms with Crippen molar-refractivity contribution in [1.82, 2.24) is 0 Å². The maximum atomic E-state index is 11.6. The zero-order valence-corrected chi connectivity index (χ0v) is 10.3. The third-order valence-electron chi connectivity index (χ3n) is 2.30. The van der Waals surface area contributed by atoms with E-state index >= 15 is 0 Å². The third kappa shape index (κ3) is 3.67. The Bertz CT molecular complexity index is 536. The first-order chi connectivity index (χ1) is 7.84. The summed E-state index contributed by atoms with van der Waals surface area (Å²) in [6.45, 7) is 1.31. The highest BCUT2D eigenvalue weighted by molar-refractivity contribution is 7.92. The molecule has 0 saturated carbocycles. The van der Waals surface area contributed by atoms with Crippen LogP contribution in [0.3, 0.4) is 0 Å². The van der Waals surface area contributed by atoms with Crippen LogP contribution in [0.1, 0.15) is 17.3 Å². The summed E-state index contributed by atoms with van der Waals surface area (Å²) in [6.07, 6.45) is 1.65. The minimum absolute atomic E-state index is 0.398. The van der Waals surface area contributed by atoms with Gasteiger partial charge in [0.05, 0.1) is 0 Å². The van der Waals surface area contributed by atoms with Crippen LogP contribution < -0.4 is 5.32 Å². The molecule has 0 bridgehead atoms. The predicted octanol–water partition coefficient (Wildman–Crippen LogP) is 0.871. The molecule has 1 rings (SSSR count). The van der Waals surface area contributed by atoms with E-state index in [1.54, 1.807) is 18.2 Å². The molecule has 0 radical (unpaired) electrons. The number of carbonyl (C=O) groups is 2. The number of sulfone groups is 1. The summed E-state index contributed by atoms with van der Waals surface area (Å²) < 4.78 is 22.3. The van der Waals surface area contributed by atoms with Gasteiger partial charge in [-0.15, -0.1) is 0 Å². The van der Waals surface area contributed by atoms with E-state index in [-0.39, 0.29) is 0 Å². The van der Waals surface area contributed by atoms with Gasteiger partial charge >= 0.3 is 0 Å². The molecule has 1 aromatic carbocycles. The average Bonchev–Trinajstić information content (AvgIpc) is 2.27. The maximum Gasteiger partial charge on any atom is 0.242 e. The molecule has 5 nitrogen and oxygen atoms in total. The fourth-order valence-corrected chi connectivity index (χ4v) is 1.58. The molecule has 0 aliphatic heterocycles. The molecule has 17 heavy (non-hydrogen) atoms. The Kier molecular flexibility index (Phi) is 4.01. The Morgan fingerprint density at radius 1 is 1.41 bits per heavy atom. The highest BCUT2D eigenvalue weighted by atomic mass is 32.2. The summed E-state index contributed by atoms with van der Waals surface area (Å²) in [7, 11) is -3.42. The van der Waals surface area contributed by atoms with Crippen LogP contribution in [0, 0.1) is 0 Å². The van der Waals surface area contributed by atoms with Gasteiger partial charge in [-0.25, -0.2) is 8.42 Å². The number of rotatable bonds is 4. The lowest BCUT2D eigenvalue weighted by Crippen LogP contribution is -2.31. The number of amides is 1. The Morgan fingerprint density at radius 3 is 2.59 bits per heavy atom. The second-order valence-electron chi connectivity index (χ2n) is 3.70. The Morgan fingerprint density at radius 2 is 2.06 bits per heavy atom. The van der Waals surface area contributed by atoms with Crippen molar-refractivity contribution in [3.05, 3.63) is 29.8 Å². The van der Waals surface area contributed by atoms with Gasteiger partial charge in [-0.3, -0.25) is 9.59 Å². The second kappa shape index (κ2) is 5.09. The first-order valence-electron chi connectivity index (χ1n) is 4.89. The SMILES string of the molecule is CC(C(=O)Nc1cccc(C=O)c1)S(C)(=O)=O. The minimum atomic E-state index is -3.42. The lowest BCUT2D eigenvalue weighted by molar-refractivity contribution is -0.115. The largest absolute Gasteiger partial charge is 0.325 e. The molecule has 0 spiro atoms. The van der Waals surface area contributed by atoms with Crippen LogP contribution in [-0.2, 0) is 14.6 Å². The van der Waals surface area contributed by atoms with Crippen molar-refractivity contribution in [3.8, 4) is 0 Å². The zero-order chi connectivity index (χ0) is 13.1. The number of nitrogens with one attached hydrogen (secondary N) is 1. The fraction of sp³-hybridized carbons (Fsp3) is 0.273. The fourth-order valence-electron chi connectivity index (χ4n) is 1.13. The smallest absolute Gasteiger partial charge is 0.242 e. The van der Waals surface area contributed by atoms with E-state index in [1.807, 2.05) is 0 Å². The van der Waals surface area contributed by atoms with Gasteiger partial charge in [0.1, 0.15) is 11.5 Å². The normalized spacial score (nSPS) is 12.8. The standard InChI is InChI=1S/C11H13NO4S/c1-8(17(2,15)16)11(14)12-10-5-3-4-9(6-10)7-13/h3-8H,1-2H3,(H,12,14). The number of hydrogen-bond acceptors (Lipinski definition) is 4. The molecule has 1 amide bonds. The summed E-state index contributed by atoms with van der Waals surface area (Å²) in [6, 6.07) is 6.24. The number of benzene rings is 1. The monoisotopic (exact) mass is 255 g/mol. The Labute approximate surface area is 99.8 Å². The van der Waals surface area contributed by atoms with E-state index in [9.17, 15) is 18.0 Å². The van der Waals surface area contributed by atoms with Gasteiger partial charge in [-0.1, -0.05) is 12.1 Å². The van der Waals surface area contributed by atoms with E-state index in [0.29, 0.717) is 17.5 Å². The van der Waals surface area contributed by atoms with Crippen LogP contribution in [0.5, 0.6) is 0 Å². The Hall–Kier alpha value is -1.69. The zero-order valence-electron chi connectivity index (χ0n) is 9.51. The molecule has 1 unspecified atom stereocenters. The average molecular weight is 255 g/mol. The Balaban J connectivity index is 2.85. The van der Waals surface area contributed by atoms with Gasteiger partial charge in [0, 0.05) is 17.5 Å². The molecular weight excluding hydrogens is 242 g/mol. The van der Waals surface area contributed by atoms with Crippen molar-refractivity contribution < 1.29 is 18.0 Å². The van der Waals surface area contributed by atoms with Gasteiger partial charge < -0.3 is 5.32 Å². The maximum absolute atomic E-state index is 11.6. The molecule has 92 valence electrons. The highest BCUT2D eigenvalue weighted by Gasteiger charge is 2.23. The van der Waals surface area contributed by atoms with Gasteiger partial charge in [-0.05, 0) is 19.1 Å². The van der Waals surface area contributed by atoms with Gasteiger partial charge in [-0.2, -0.15) is 0 Å². The number of carbonyl (C=O) groups excluding carboxylic acids is 2. The molecule has 0 heterocycles. The molecule has 1 N–H and O–H groups in total. The summed E-state index contributed by atoms with van der Waals surface area (Å²) in [5, 5.41) is 1.32. The topological polar surface area (TPSA) is 80.3 Å². The molecule has 1 aromatic rings. The van der Waals surface area contributed by atoms with Crippen molar-refractivity contribution in [2.24, 2.45) is 0 Å². The van der Waals surface area contributed by atoms with Crippen LogP contribution in [0.4, 0.5) is 5.69 Å². The molecule has 0 aliphatic carbocycles. The van der Waals surface area contributed by atoms with Crippen molar-refractivity contribution >= 4 is 27.7 Å². The lowest BCUT2D eigenvalue weighted by Gasteiger charge is -2.10. The van der Waals surface area contributed by atoms with Crippen molar-refractivity contribution in [3.63, 3.8) is 0 Å². The lowest BCUT2D eigenvalue weighted by atomic mass is 10.2. The first kappa shape index (κ1) is 13.4. The van der Waals surface area contributed by atoms with Crippen LogP contribution in [0.25, 0.3) is 0 Å². The van der Waals surface area contributed by atoms with Crippen LogP contribution in [0.15, 0.2) is 24.3 Å². The summed E-state index contributed by atoms with van der Waals surface area (Å²) in [5.41, 5.74) is 0.810. The van der Waals surface area contributed by atoms with E-state index in [1.165, 1.54) is 13.0 Å². The predicted molar refractivity (Wildman–Crippen MR) is 64.8 cm³/mol. The summed E-state index contributed by atoms with van der Waals surface area (Å²) in [4.78, 5) is 22.1. The van der Waals surface area contributed by atoms with Crippen LogP contribution in [0.2, 0.25) is 0 Å². The van der Waals surface area contributed by atoms with Crippen LogP contribution in [-0.4, -0.2) is 32.1 Å². The van der Waals surface area contributed by atoms with Crippen molar-refractivity contribution in [1.29, 1.82) is 0 Å². The third-order valence-corrected chi connectivity index (χ3v) is 3.80. The molecular formula is C11H13NO4S. The minimum Gasteiger partial charge on any atom is -0.325 e. The molecule has 0 aromatic heterocycles. The van der Waals surface area contributed by atoms with E-state index in [2.05, 4.69) is 5.32 Å². The highest BCUT2D eigenvalue weighted by Crippen LogP contribution is 2.10. The van der Waals surface area contributed by atoms with E-state index in [0.717, 1.165) is 6.26 Å². The second-order valence-corrected chi connectivity index (χ2v) is 6.07. The van der Waals surface area contributed by atoms with E-state index in [4.69, 9.17) is 0 Å². The van der Waals surface area contributed by atoms with Crippen molar-refractivity contribution in [2.45, 2.75) is 12.2 Å². The van der Waals surface area contributed by atoms with Gasteiger partial charge in [0.2, 0.25) is 5.91 Å². The molecule has 0 saturated heterocycles. The number of hydrogen-bond donors (Lipinski definition) is 1. The van der Waals surface area contributed by atoms with Crippen molar-refractivity contribution in [2.75, 3.05) is 11.6 Å².